The van der Waals surface area contributed by atoms with Crippen LogP contribution in [0.4, 0.5) is 0 Å². The molecule has 1 nitrogen and oxygen atoms in total. The van der Waals surface area contributed by atoms with Crippen LogP contribution in [-0.2, 0) is 22.1 Å². The normalized spacial score (nSPS) is 10.0. The van der Waals surface area contributed by atoms with E-state index in [-0.39, 0.29) is 0 Å². The fourth-order valence-electron chi connectivity index (χ4n) is 6.54. The van der Waals surface area contributed by atoms with Gasteiger partial charge in [-0.25, -0.2) is 0 Å². The van der Waals surface area contributed by atoms with Crippen LogP contribution in [0.15, 0.2) is 273 Å². The molecule has 9 aromatic carbocycles. The molecule has 0 radical (unpaired) electrons. The molecule has 0 atom stereocenters. The number of hydrogen-bond acceptors (Lipinski definition) is 1. The van der Waals surface area contributed by atoms with Gasteiger partial charge in [-0.05, 0) is 71.5 Å². The molecule has 0 amide bonds. The summed E-state index contributed by atoms with van der Waals surface area (Å²) in [6, 6.07) is 97.0. The van der Waals surface area contributed by atoms with Crippen molar-refractivity contribution in [1.82, 2.24) is 0 Å². The third-order valence-corrected chi connectivity index (χ3v) is 16.5. The van der Waals surface area contributed by atoms with Crippen molar-refractivity contribution in [1.29, 1.82) is 0 Å². The molecule has 0 saturated carbocycles. The van der Waals surface area contributed by atoms with Crippen LogP contribution in [0.5, 0.6) is 0 Å². The van der Waals surface area contributed by atoms with Crippen molar-refractivity contribution in [3.63, 3.8) is 0 Å². The Hall–Kier alpha value is -5.15. The molecule has 303 valence electrons. The summed E-state index contributed by atoms with van der Waals surface area (Å²) in [6.07, 6.45) is 0. The van der Waals surface area contributed by atoms with Crippen molar-refractivity contribution < 1.29 is 22.1 Å². The van der Waals surface area contributed by atoms with E-state index in [1.807, 2.05) is 24.1 Å². The SMILES string of the molecule is C=O.[Cl][Ru].c1ccc(P(c2ccccc2)c2ccccc2)cc1.c1ccc(P(c2ccccc2)c2ccccc2)cc1.c1ccc(P(c2ccccc2)c2ccccc2)cc1. The molecule has 0 aromatic heterocycles. The van der Waals surface area contributed by atoms with Crippen molar-refractivity contribution in [3.8, 4) is 0 Å². The summed E-state index contributed by atoms with van der Waals surface area (Å²) < 4.78 is 0. The van der Waals surface area contributed by atoms with Crippen LogP contribution in [0.25, 0.3) is 0 Å². The summed E-state index contributed by atoms with van der Waals surface area (Å²) >= 11 is 1.82. The van der Waals surface area contributed by atoms with E-state index in [2.05, 4.69) is 283 Å². The second-order valence-electron chi connectivity index (χ2n) is 13.0. The van der Waals surface area contributed by atoms with Gasteiger partial charge in [0.15, 0.2) is 0 Å². The van der Waals surface area contributed by atoms with Gasteiger partial charge in [0.2, 0.25) is 0 Å². The third-order valence-electron chi connectivity index (χ3n) is 9.13. The molecule has 0 aliphatic heterocycles. The largest absolute Gasteiger partial charge is 0.0622 e. The molecular weight excluding hydrogens is 906 g/mol. The van der Waals surface area contributed by atoms with E-state index < -0.39 is 23.8 Å². The first-order chi connectivity index (χ1) is 30.3. The molecule has 9 rings (SSSR count). The minimum Gasteiger partial charge on any atom is -0.0622 e. The van der Waals surface area contributed by atoms with Gasteiger partial charge in [-0.3, -0.25) is 0 Å². The zero-order valence-electron chi connectivity index (χ0n) is 33.7. The molecule has 0 spiro atoms. The Morgan fingerprint density at radius 1 is 0.213 bits per heavy atom. The number of hydrogen-bond donors (Lipinski definition) is 0. The van der Waals surface area contributed by atoms with Crippen molar-refractivity contribution in [2.45, 2.75) is 0 Å². The maximum absolute atomic E-state index is 8.00. The number of halogens is 1. The summed E-state index contributed by atoms with van der Waals surface area (Å²) in [5, 5.41) is 12.6. The van der Waals surface area contributed by atoms with E-state index >= 15 is 0 Å². The molecule has 0 saturated heterocycles. The molecule has 0 N–H and O–H groups in total. The van der Waals surface area contributed by atoms with Gasteiger partial charge in [0.1, 0.15) is 6.79 Å². The Morgan fingerprint density at radius 3 is 0.377 bits per heavy atom. The van der Waals surface area contributed by atoms with Gasteiger partial charge in [-0.2, -0.15) is 0 Å². The first-order valence-corrected chi connectivity index (χ1v) is 25.9. The Labute approximate surface area is 380 Å². The fourth-order valence-corrected chi connectivity index (χ4v) is 13.5. The predicted octanol–water partition coefficient (Wildman–Crippen LogP) is 10.8. The van der Waals surface area contributed by atoms with Gasteiger partial charge in [0.05, 0.1) is 0 Å². The van der Waals surface area contributed by atoms with Gasteiger partial charge in [-0.1, -0.05) is 273 Å². The average Bonchev–Trinajstić information content (AvgIpc) is 3.37. The molecular formula is C55H47ClOP3Ru. The minimum atomic E-state index is -0.446. The maximum Gasteiger partial charge on any atom is -0.0134 e. The first-order valence-electron chi connectivity index (χ1n) is 19.6. The zero-order valence-corrected chi connectivity index (χ0v) is 38.8. The van der Waals surface area contributed by atoms with Gasteiger partial charge < -0.3 is 4.79 Å². The van der Waals surface area contributed by atoms with Crippen LogP contribution in [0.3, 0.4) is 0 Å². The van der Waals surface area contributed by atoms with Crippen LogP contribution in [-0.4, -0.2) is 6.79 Å². The number of rotatable bonds is 9. The first kappa shape index (κ1) is 46.9. The molecule has 0 aliphatic carbocycles. The number of benzene rings is 9. The van der Waals surface area contributed by atoms with Crippen LogP contribution < -0.4 is 47.7 Å². The Morgan fingerprint density at radius 2 is 0.295 bits per heavy atom. The smallest absolute Gasteiger partial charge is 0.0134 e. The molecule has 61 heavy (non-hydrogen) atoms. The van der Waals surface area contributed by atoms with Gasteiger partial charge in [-0.15, -0.1) is 0 Å². The van der Waals surface area contributed by atoms with E-state index in [0.29, 0.717) is 0 Å². The summed E-state index contributed by atoms with van der Waals surface area (Å²) in [5.41, 5.74) is 0. The monoisotopic (exact) mass is 953 g/mol. The van der Waals surface area contributed by atoms with Crippen LogP contribution in [0, 0.1) is 0 Å². The van der Waals surface area contributed by atoms with Crippen LogP contribution in [0.2, 0.25) is 0 Å². The van der Waals surface area contributed by atoms with Crippen LogP contribution in [0.1, 0.15) is 0 Å². The van der Waals surface area contributed by atoms with E-state index in [9.17, 15) is 0 Å². The van der Waals surface area contributed by atoms with E-state index in [1.165, 1.54) is 47.7 Å². The second-order valence-corrected chi connectivity index (χ2v) is 19.7. The molecule has 0 bridgehead atoms. The standard InChI is InChI=1S/3C18H15P.CH2O.ClH.Ru/c3*1-4-10-16(11-5-1)19(17-12-6-2-7-13-17)18-14-8-3-9-15-18;1-2;;/h3*1-15H;1H2;1H;/q;;;;;+1/p-1. The van der Waals surface area contributed by atoms with E-state index in [1.54, 1.807) is 0 Å². The molecule has 0 aliphatic rings. The summed E-state index contributed by atoms with van der Waals surface area (Å²) in [4.78, 5) is 8.00. The zero-order chi connectivity index (χ0) is 42.7. The Bertz CT molecular complexity index is 1890. The Kier molecular flexibility index (Phi) is 21.3. The number of carbonyl (C=O) groups excluding carboxylic acids is 1. The Balaban J connectivity index is 0.000000166. The second kappa shape index (κ2) is 27.6. The quantitative estimate of drug-likeness (QED) is 0.104. The summed E-state index contributed by atoms with van der Waals surface area (Å²) in [5.74, 6) is 0. The molecule has 9 aromatic rings. The fraction of sp³-hybridized carbons (Fsp3) is 0. The summed E-state index contributed by atoms with van der Waals surface area (Å²) in [6.45, 7) is 2.00. The number of carbonyl (C=O) groups is 1. The molecule has 6 heteroatoms. The molecule has 0 unspecified atom stereocenters. The van der Waals surface area contributed by atoms with Crippen LogP contribution >= 0.6 is 33.5 Å². The minimum absolute atomic E-state index is 0.446. The van der Waals surface area contributed by atoms with E-state index in [0.717, 1.165) is 0 Å². The van der Waals surface area contributed by atoms with Crippen molar-refractivity contribution in [2.24, 2.45) is 0 Å². The summed E-state index contributed by atoms with van der Waals surface area (Å²) in [7, 11) is 3.23. The molecule has 0 fully saturated rings. The average molecular weight is 953 g/mol. The van der Waals surface area contributed by atoms with Gasteiger partial charge in [0, 0.05) is 0 Å². The van der Waals surface area contributed by atoms with E-state index in [4.69, 9.17) is 4.79 Å². The van der Waals surface area contributed by atoms with Crippen molar-refractivity contribution >= 4 is 88.0 Å². The molecule has 0 heterocycles. The third kappa shape index (κ3) is 14.5. The van der Waals surface area contributed by atoms with Crippen molar-refractivity contribution in [2.75, 3.05) is 0 Å². The van der Waals surface area contributed by atoms with Crippen molar-refractivity contribution in [3.05, 3.63) is 273 Å². The van der Waals surface area contributed by atoms with Gasteiger partial charge >= 0.3 is 27.0 Å². The maximum atomic E-state index is 8.00. The van der Waals surface area contributed by atoms with Gasteiger partial charge in [0.25, 0.3) is 0 Å². The topological polar surface area (TPSA) is 17.1 Å². The predicted molar refractivity (Wildman–Crippen MR) is 268 cm³/mol.